The van der Waals surface area contributed by atoms with E-state index >= 15 is 0 Å². The zero-order valence-corrected chi connectivity index (χ0v) is 13.7. The fraction of sp³-hybridized carbons (Fsp3) is 0.0667. The van der Waals surface area contributed by atoms with Gasteiger partial charge in [-0.3, -0.25) is 10.1 Å². The first-order valence-electron chi connectivity index (χ1n) is 6.31. The molecular formula is C15H10Cl2N2O2S. The third kappa shape index (κ3) is 3.02. The van der Waals surface area contributed by atoms with Crippen LogP contribution in [0.3, 0.4) is 0 Å². The number of benzene rings is 1. The first-order valence-corrected chi connectivity index (χ1v) is 7.95. The molecule has 0 saturated heterocycles. The second kappa shape index (κ2) is 6.12. The Balaban J connectivity index is 1.92. The molecule has 0 atom stereocenters. The molecule has 22 heavy (non-hydrogen) atoms. The van der Waals surface area contributed by atoms with Crippen LogP contribution in [0.1, 0.15) is 16.1 Å². The average Bonchev–Trinajstić information content (AvgIpc) is 3.08. The van der Waals surface area contributed by atoms with Crippen molar-refractivity contribution in [2.45, 2.75) is 6.92 Å². The molecule has 0 aliphatic carbocycles. The molecule has 0 unspecified atom stereocenters. The first kappa shape index (κ1) is 15.1. The van der Waals surface area contributed by atoms with Gasteiger partial charge < -0.3 is 4.42 Å². The lowest BCUT2D eigenvalue weighted by Gasteiger charge is -2.00. The summed E-state index contributed by atoms with van der Waals surface area (Å²) in [6.45, 7) is 1.73. The standard InChI is InChI=1S/C15H10Cl2N2O2S/c1-8-11(14(20)19-15-18-4-5-22-15)7-13(21-8)10-3-2-9(16)6-12(10)17/h2-7H,1H3,(H,18,19,20). The van der Waals surface area contributed by atoms with Crippen LogP contribution in [-0.2, 0) is 0 Å². The average molecular weight is 353 g/mol. The Labute approximate surface area is 140 Å². The number of nitrogens with one attached hydrogen (secondary N) is 1. The highest BCUT2D eigenvalue weighted by Gasteiger charge is 2.18. The normalized spacial score (nSPS) is 10.7. The maximum absolute atomic E-state index is 12.3. The number of anilines is 1. The number of amides is 1. The molecule has 0 bridgehead atoms. The molecule has 0 aliphatic rings. The molecule has 2 heterocycles. The molecule has 3 rings (SSSR count). The lowest BCUT2D eigenvalue weighted by Crippen LogP contribution is -2.11. The number of carbonyl (C=O) groups is 1. The van der Waals surface area contributed by atoms with E-state index in [-0.39, 0.29) is 5.91 Å². The van der Waals surface area contributed by atoms with Crippen LogP contribution in [0.2, 0.25) is 10.0 Å². The van der Waals surface area contributed by atoms with Gasteiger partial charge in [-0.25, -0.2) is 4.98 Å². The number of thiazole rings is 1. The van der Waals surface area contributed by atoms with E-state index in [0.29, 0.717) is 37.8 Å². The Hall–Kier alpha value is -1.82. The highest BCUT2D eigenvalue weighted by molar-refractivity contribution is 7.13. The smallest absolute Gasteiger partial charge is 0.261 e. The molecule has 4 nitrogen and oxygen atoms in total. The van der Waals surface area contributed by atoms with Gasteiger partial charge in [-0.15, -0.1) is 11.3 Å². The summed E-state index contributed by atoms with van der Waals surface area (Å²) in [6, 6.07) is 6.76. The zero-order valence-electron chi connectivity index (χ0n) is 11.4. The Kier molecular flexibility index (Phi) is 4.20. The van der Waals surface area contributed by atoms with Gasteiger partial charge in [0.2, 0.25) is 0 Å². The largest absolute Gasteiger partial charge is 0.460 e. The number of aromatic nitrogens is 1. The highest BCUT2D eigenvalue weighted by Crippen LogP contribution is 2.33. The van der Waals surface area contributed by atoms with Gasteiger partial charge in [-0.2, -0.15) is 0 Å². The molecule has 1 N–H and O–H groups in total. The number of hydrogen-bond acceptors (Lipinski definition) is 4. The summed E-state index contributed by atoms with van der Waals surface area (Å²) < 4.78 is 5.66. The van der Waals surface area contributed by atoms with Crippen LogP contribution >= 0.6 is 34.5 Å². The Morgan fingerprint density at radius 2 is 2.14 bits per heavy atom. The number of hydrogen-bond donors (Lipinski definition) is 1. The molecule has 7 heteroatoms. The zero-order chi connectivity index (χ0) is 15.7. The van der Waals surface area contributed by atoms with Gasteiger partial charge in [-0.1, -0.05) is 23.2 Å². The second-order valence-corrected chi connectivity index (χ2v) is 6.23. The van der Waals surface area contributed by atoms with Crippen LogP contribution in [0, 0.1) is 6.92 Å². The molecule has 2 aromatic heterocycles. The maximum atomic E-state index is 12.3. The van der Waals surface area contributed by atoms with Crippen LogP contribution in [-0.4, -0.2) is 10.9 Å². The number of carbonyl (C=O) groups excluding carboxylic acids is 1. The lowest BCUT2D eigenvalue weighted by molar-refractivity contribution is 0.102. The van der Waals surface area contributed by atoms with Gasteiger partial charge in [-0.05, 0) is 31.2 Å². The van der Waals surface area contributed by atoms with Crippen molar-refractivity contribution in [1.82, 2.24) is 4.98 Å². The number of aryl methyl sites for hydroxylation is 1. The van der Waals surface area contributed by atoms with Crippen molar-refractivity contribution in [3.05, 3.63) is 57.2 Å². The Bertz CT molecular complexity index is 828. The van der Waals surface area contributed by atoms with Crippen molar-refractivity contribution in [3.8, 4) is 11.3 Å². The topological polar surface area (TPSA) is 55.1 Å². The van der Waals surface area contributed by atoms with E-state index in [2.05, 4.69) is 10.3 Å². The molecule has 1 amide bonds. The molecule has 1 aromatic carbocycles. The fourth-order valence-electron chi connectivity index (χ4n) is 1.98. The summed E-state index contributed by atoms with van der Waals surface area (Å²) in [5, 5.41) is 6.06. The summed E-state index contributed by atoms with van der Waals surface area (Å²) in [7, 11) is 0. The third-order valence-corrected chi connectivity index (χ3v) is 4.25. The Morgan fingerprint density at radius 1 is 1.32 bits per heavy atom. The minimum atomic E-state index is -0.271. The van der Waals surface area contributed by atoms with E-state index in [1.165, 1.54) is 11.3 Å². The highest BCUT2D eigenvalue weighted by atomic mass is 35.5. The van der Waals surface area contributed by atoms with Gasteiger partial charge in [0, 0.05) is 22.2 Å². The number of nitrogens with zero attached hydrogens (tertiary/aromatic N) is 1. The SMILES string of the molecule is Cc1oc(-c2ccc(Cl)cc2Cl)cc1C(=O)Nc1nccs1. The minimum absolute atomic E-state index is 0.271. The van der Waals surface area contributed by atoms with Crippen molar-refractivity contribution in [2.75, 3.05) is 5.32 Å². The van der Waals surface area contributed by atoms with Gasteiger partial charge in [0.15, 0.2) is 5.13 Å². The number of halogens is 2. The fourth-order valence-corrected chi connectivity index (χ4v) is 3.00. The van der Waals surface area contributed by atoms with E-state index in [1.807, 2.05) is 0 Å². The third-order valence-electron chi connectivity index (χ3n) is 3.01. The quantitative estimate of drug-likeness (QED) is 0.698. The van der Waals surface area contributed by atoms with Crippen molar-refractivity contribution < 1.29 is 9.21 Å². The van der Waals surface area contributed by atoms with E-state index < -0.39 is 0 Å². The predicted octanol–water partition coefficient (Wildman–Crippen LogP) is 5.27. The van der Waals surface area contributed by atoms with E-state index in [4.69, 9.17) is 27.6 Å². The van der Waals surface area contributed by atoms with Crippen molar-refractivity contribution >= 4 is 45.6 Å². The van der Waals surface area contributed by atoms with Gasteiger partial charge in [0.25, 0.3) is 5.91 Å². The van der Waals surface area contributed by atoms with E-state index in [9.17, 15) is 4.79 Å². The summed E-state index contributed by atoms with van der Waals surface area (Å²) in [4.78, 5) is 16.3. The van der Waals surface area contributed by atoms with Crippen LogP contribution in [0.5, 0.6) is 0 Å². The first-order chi connectivity index (χ1) is 10.5. The summed E-state index contributed by atoms with van der Waals surface area (Å²) in [6.07, 6.45) is 1.63. The molecular weight excluding hydrogens is 343 g/mol. The van der Waals surface area contributed by atoms with Crippen molar-refractivity contribution in [2.24, 2.45) is 0 Å². The van der Waals surface area contributed by atoms with E-state index in [0.717, 1.165) is 0 Å². The molecule has 0 fully saturated rings. The molecule has 0 saturated carbocycles. The van der Waals surface area contributed by atoms with Crippen LogP contribution in [0.15, 0.2) is 40.3 Å². The molecule has 112 valence electrons. The van der Waals surface area contributed by atoms with Crippen LogP contribution < -0.4 is 5.32 Å². The summed E-state index contributed by atoms with van der Waals surface area (Å²) in [5.41, 5.74) is 1.12. The lowest BCUT2D eigenvalue weighted by atomic mass is 10.1. The molecule has 0 radical (unpaired) electrons. The monoisotopic (exact) mass is 352 g/mol. The minimum Gasteiger partial charge on any atom is -0.460 e. The van der Waals surface area contributed by atoms with Gasteiger partial charge in [0.05, 0.1) is 10.6 Å². The van der Waals surface area contributed by atoms with E-state index in [1.54, 1.807) is 42.8 Å². The number of rotatable bonds is 3. The van der Waals surface area contributed by atoms with Crippen LogP contribution in [0.25, 0.3) is 11.3 Å². The van der Waals surface area contributed by atoms with Crippen molar-refractivity contribution in [3.63, 3.8) is 0 Å². The van der Waals surface area contributed by atoms with Gasteiger partial charge >= 0.3 is 0 Å². The maximum Gasteiger partial charge on any atom is 0.261 e. The molecule has 3 aromatic rings. The van der Waals surface area contributed by atoms with Gasteiger partial charge in [0.1, 0.15) is 11.5 Å². The van der Waals surface area contributed by atoms with Crippen molar-refractivity contribution in [1.29, 1.82) is 0 Å². The van der Waals surface area contributed by atoms with Crippen LogP contribution in [0.4, 0.5) is 5.13 Å². The predicted molar refractivity (Wildman–Crippen MR) is 89.0 cm³/mol. The number of furan rings is 1. The summed E-state index contributed by atoms with van der Waals surface area (Å²) >= 11 is 13.4. The molecule has 0 aliphatic heterocycles. The Morgan fingerprint density at radius 3 is 2.82 bits per heavy atom. The molecule has 0 spiro atoms. The summed E-state index contributed by atoms with van der Waals surface area (Å²) in [5.74, 6) is 0.756. The second-order valence-electron chi connectivity index (χ2n) is 4.50.